The molecule has 1 rings (SSSR count). The van der Waals surface area contributed by atoms with Crippen LogP contribution in [0.5, 0.6) is 0 Å². The molecule has 0 saturated carbocycles. The van der Waals surface area contributed by atoms with Gasteiger partial charge in [-0.2, -0.15) is 0 Å². The number of carboxylic acid groups (broad SMARTS) is 1. The van der Waals surface area contributed by atoms with Gasteiger partial charge in [-0.3, -0.25) is 14.4 Å². The standard InChI is InChI=1S/C15H20N2O4/c1-10(2)8-17(9-13(18)19)15(21)12-6-4-5-11(7-12)14(20)16-3/h4-7,10H,8-9H2,1-3H3,(H,16,20)(H,18,19). The summed E-state index contributed by atoms with van der Waals surface area (Å²) in [6.45, 7) is 3.79. The molecule has 2 N–H and O–H groups in total. The Morgan fingerprint density at radius 3 is 2.38 bits per heavy atom. The summed E-state index contributed by atoms with van der Waals surface area (Å²) in [4.78, 5) is 36.2. The number of carboxylic acids is 1. The largest absolute Gasteiger partial charge is 0.480 e. The van der Waals surface area contributed by atoms with E-state index in [0.29, 0.717) is 17.7 Å². The quantitative estimate of drug-likeness (QED) is 0.825. The third-order valence-corrected chi connectivity index (χ3v) is 2.80. The number of hydrogen-bond donors (Lipinski definition) is 2. The summed E-state index contributed by atoms with van der Waals surface area (Å²) in [5.41, 5.74) is 0.668. The van der Waals surface area contributed by atoms with Crippen molar-refractivity contribution < 1.29 is 19.5 Å². The first-order valence-corrected chi connectivity index (χ1v) is 6.68. The van der Waals surface area contributed by atoms with Crippen LogP contribution >= 0.6 is 0 Å². The third-order valence-electron chi connectivity index (χ3n) is 2.80. The van der Waals surface area contributed by atoms with Crippen molar-refractivity contribution >= 4 is 17.8 Å². The molecule has 0 bridgehead atoms. The van der Waals surface area contributed by atoms with Crippen molar-refractivity contribution in [2.24, 2.45) is 5.92 Å². The second kappa shape index (κ2) is 7.42. The molecule has 2 amide bonds. The van der Waals surface area contributed by atoms with Gasteiger partial charge in [0.25, 0.3) is 11.8 Å². The second-order valence-electron chi connectivity index (χ2n) is 5.13. The Morgan fingerprint density at radius 2 is 1.86 bits per heavy atom. The van der Waals surface area contributed by atoms with E-state index in [1.54, 1.807) is 18.2 Å². The zero-order chi connectivity index (χ0) is 16.0. The van der Waals surface area contributed by atoms with E-state index in [0.717, 1.165) is 0 Å². The molecule has 0 aliphatic rings. The summed E-state index contributed by atoms with van der Waals surface area (Å²) in [5, 5.41) is 11.4. The molecule has 0 spiro atoms. The highest BCUT2D eigenvalue weighted by Gasteiger charge is 2.20. The summed E-state index contributed by atoms with van der Waals surface area (Å²) >= 11 is 0. The smallest absolute Gasteiger partial charge is 0.323 e. The van der Waals surface area contributed by atoms with Crippen LogP contribution in [0.1, 0.15) is 34.6 Å². The van der Waals surface area contributed by atoms with Crippen molar-refractivity contribution in [3.8, 4) is 0 Å². The van der Waals surface area contributed by atoms with Crippen molar-refractivity contribution in [1.29, 1.82) is 0 Å². The van der Waals surface area contributed by atoms with Crippen molar-refractivity contribution in [3.05, 3.63) is 35.4 Å². The van der Waals surface area contributed by atoms with E-state index in [9.17, 15) is 14.4 Å². The summed E-state index contributed by atoms with van der Waals surface area (Å²) < 4.78 is 0. The summed E-state index contributed by atoms with van der Waals surface area (Å²) in [6, 6.07) is 6.24. The molecule has 0 aliphatic carbocycles. The molecule has 0 fully saturated rings. The lowest BCUT2D eigenvalue weighted by atomic mass is 10.1. The van der Waals surface area contributed by atoms with Gasteiger partial charge in [0.05, 0.1) is 0 Å². The number of nitrogens with one attached hydrogen (secondary N) is 1. The van der Waals surface area contributed by atoms with E-state index in [1.165, 1.54) is 18.0 Å². The molecule has 0 aliphatic heterocycles. The van der Waals surface area contributed by atoms with Gasteiger partial charge in [-0.1, -0.05) is 19.9 Å². The Bertz CT molecular complexity index is 540. The minimum absolute atomic E-state index is 0.149. The van der Waals surface area contributed by atoms with E-state index in [2.05, 4.69) is 5.32 Å². The van der Waals surface area contributed by atoms with E-state index in [1.807, 2.05) is 13.8 Å². The molecule has 6 nitrogen and oxygen atoms in total. The molecular weight excluding hydrogens is 272 g/mol. The van der Waals surface area contributed by atoms with Crippen molar-refractivity contribution in [2.45, 2.75) is 13.8 Å². The van der Waals surface area contributed by atoms with Crippen LogP contribution < -0.4 is 5.32 Å². The number of aliphatic carboxylic acids is 1. The third kappa shape index (κ3) is 4.91. The molecule has 0 unspecified atom stereocenters. The van der Waals surface area contributed by atoms with Crippen LogP contribution in [0, 0.1) is 5.92 Å². The Labute approximate surface area is 123 Å². The maximum absolute atomic E-state index is 12.4. The predicted molar refractivity (Wildman–Crippen MR) is 78.2 cm³/mol. The van der Waals surface area contributed by atoms with Crippen LogP contribution in [-0.2, 0) is 4.79 Å². The minimum Gasteiger partial charge on any atom is -0.480 e. The maximum Gasteiger partial charge on any atom is 0.323 e. The number of amides is 2. The van der Waals surface area contributed by atoms with E-state index < -0.39 is 11.9 Å². The number of carbonyl (C=O) groups excluding carboxylic acids is 2. The molecule has 0 aromatic heterocycles. The fourth-order valence-corrected chi connectivity index (χ4v) is 1.94. The summed E-state index contributed by atoms with van der Waals surface area (Å²) in [5.74, 6) is -1.60. The Morgan fingerprint density at radius 1 is 1.24 bits per heavy atom. The first-order chi connectivity index (χ1) is 9.85. The number of hydrogen-bond acceptors (Lipinski definition) is 3. The normalized spacial score (nSPS) is 10.3. The SMILES string of the molecule is CNC(=O)c1cccc(C(=O)N(CC(=O)O)CC(C)C)c1. The minimum atomic E-state index is -1.06. The van der Waals surface area contributed by atoms with Crippen LogP contribution in [0.2, 0.25) is 0 Å². The predicted octanol–water partition coefficient (Wildman–Crippen LogP) is 1.23. The highest BCUT2D eigenvalue weighted by atomic mass is 16.4. The monoisotopic (exact) mass is 292 g/mol. The van der Waals surface area contributed by atoms with Crippen molar-refractivity contribution in [1.82, 2.24) is 10.2 Å². The van der Waals surface area contributed by atoms with Gasteiger partial charge in [0, 0.05) is 24.7 Å². The van der Waals surface area contributed by atoms with Crippen molar-refractivity contribution in [2.75, 3.05) is 20.1 Å². The number of carbonyl (C=O) groups is 3. The first kappa shape index (κ1) is 16.7. The van der Waals surface area contributed by atoms with Crippen LogP contribution in [-0.4, -0.2) is 47.9 Å². The van der Waals surface area contributed by atoms with Gasteiger partial charge in [0.15, 0.2) is 0 Å². The maximum atomic E-state index is 12.4. The second-order valence-corrected chi connectivity index (χ2v) is 5.13. The fourth-order valence-electron chi connectivity index (χ4n) is 1.94. The zero-order valence-corrected chi connectivity index (χ0v) is 12.4. The molecule has 0 saturated heterocycles. The average molecular weight is 292 g/mol. The summed E-state index contributed by atoms with van der Waals surface area (Å²) in [6.07, 6.45) is 0. The van der Waals surface area contributed by atoms with Crippen LogP contribution in [0.15, 0.2) is 24.3 Å². The van der Waals surface area contributed by atoms with Gasteiger partial charge in [-0.15, -0.1) is 0 Å². The van der Waals surface area contributed by atoms with Gasteiger partial charge in [0.2, 0.25) is 0 Å². The van der Waals surface area contributed by atoms with Crippen molar-refractivity contribution in [3.63, 3.8) is 0 Å². The molecule has 21 heavy (non-hydrogen) atoms. The molecule has 114 valence electrons. The summed E-state index contributed by atoms with van der Waals surface area (Å²) in [7, 11) is 1.51. The fraction of sp³-hybridized carbons (Fsp3) is 0.400. The lowest BCUT2D eigenvalue weighted by Crippen LogP contribution is -2.38. The molecule has 1 aromatic carbocycles. The molecule has 0 heterocycles. The Balaban J connectivity index is 3.02. The highest BCUT2D eigenvalue weighted by molar-refractivity contribution is 6.00. The van der Waals surface area contributed by atoms with E-state index in [-0.39, 0.29) is 18.4 Å². The highest BCUT2D eigenvalue weighted by Crippen LogP contribution is 2.10. The lowest BCUT2D eigenvalue weighted by molar-refractivity contribution is -0.137. The van der Waals surface area contributed by atoms with Crippen LogP contribution in [0.4, 0.5) is 0 Å². The van der Waals surface area contributed by atoms with Crippen LogP contribution in [0.3, 0.4) is 0 Å². The van der Waals surface area contributed by atoms with E-state index >= 15 is 0 Å². The molecule has 1 aromatic rings. The number of benzene rings is 1. The van der Waals surface area contributed by atoms with Crippen LogP contribution in [0.25, 0.3) is 0 Å². The molecule has 0 atom stereocenters. The van der Waals surface area contributed by atoms with E-state index in [4.69, 9.17) is 5.11 Å². The van der Waals surface area contributed by atoms with Gasteiger partial charge in [-0.25, -0.2) is 0 Å². The lowest BCUT2D eigenvalue weighted by Gasteiger charge is -2.23. The first-order valence-electron chi connectivity index (χ1n) is 6.68. The van der Waals surface area contributed by atoms with Gasteiger partial charge < -0.3 is 15.3 Å². The number of rotatable bonds is 6. The molecule has 0 radical (unpaired) electrons. The van der Waals surface area contributed by atoms with Gasteiger partial charge >= 0.3 is 5.97 Å². The number of nitrogens with zero attached hydrogens (tertiary/aromatic N) is 1. The molecular formula is C15H20N2O4. The Hall–Kier alpha value is -2.37. The molecule has 6 heteroatoms. The van der Waals surface area contributed by atoms with Gasteiger partial charge in [0.1, 0.15) is 6.54 Å². The topological polar surface area (TPSA) is 86.7 Å². The zero-order valence-electron chi connectivity index (χ0n) is 12.4. The Kier molecular flexibility index (Phi) is 5.90. The average Bonchev–Trinajstić information content (AvgIpc) is 2.44. The van der Waals surface area contributed by atoms with Gasteiger partial charge in [-0.05, 0) is 24.1 Å².